The van der Waals surface area contributed by atoms with Crippen LogP contribution in [0.1, 0.15) is 28.9 Å². The lowest BCUT2D eigenvalue weighted by Crippen LogP contribution is -2.30. The Labute approximate surface area is 122 Å². The summed E-state index contributed by atoms with van der Waals surface area (Å²) in [6.45, 7) is 1.71. The number of rotatable bonds is 3. The van der Waals surface area contributed by atoms with E-state index in [1.54, 1.807) is 25.1 Å². The first-order valence-electron chi connectivity index (χ1n) is 6.46. The average Bonchev–Trinajstić information content (AvgIpc) is 2.46. The van der Waals surface area contributed by atoms with Crippen molar-refractivity contribution < 1.29 is 19.4 Å². The molecule has 0 radical (unpaired) electrons. The number of halogens is 1. The lowest BCUT2D eigenvalue weighted by atomic mass is 10.0. The third-order valence-electron chi connectivity index (χ3n) is 3.49. The van der Waals surface area contributed by atoms with E-state index in [9.17, 15) is 19.4 Å². The summed E-state index contributed by atoms with van der Waals surface area (Å²) in [6, 6.07) is 9.85. The fraction of sp³-hybridized carbons (Fsp3) is 0.188. The fourth-order valence-electron chi connectivity index (χ4n) is 2.13. The van der Waals surface area contributed by atoms with Crippen LogP contribution in [0.3, 0.4) is 0 Å². The molecule has 21 heavy (non-hydrogen) atoms. The van der Waals surface area contributed by atoms with E-state index in [2.05, 4.69) is 0 Å². The molecule has 0 spiro atoms. The van der Waals surface area contributed by atoms with E-state index in [1.165, 1.54) is 30.1 Å². The predicted octanol–water partition coefficient (Wildman–Crippen LogP) is 3.07. The highest BCUT2D eigenvalue weighted by molar-refractivity contribution is 5.97. The number of amides is 1. The number of aromatic hydroxyl groups is 2. The molecule has 0 fully saturated rings. The quantitative estimate of drug-likeness (QED) is 0.913. The van der Waals surface area contributed by atoms with Gasteiger partial charge in [-0.15, -0.1) is 0 Å². The Morgan fingerprint density at radius 2 is 1.71 bits per heavy atom. The van der Waals surface area contributed by atoms with E-state index in [-0.39, 0.29) is 11.3 Å². The molecule has 0 heterocycles. The van der Waals surface area contributed by atoms with Gasteiger partial charge in [0.15, 0.2) is 0 Å². The van der Waals surface area contributed by atoms with Gasteiger partial charge in [0.2, 0.25) is 0 Å². The standard InChI is InChI=1S/C16H16FNO3/c1-10(11-6-3-4-8-13(11)19)18(2)16(21)15-12(17)7-5-9-14(15)20/h3-10,19-20H,1-2H3. The van der Waals surface area contributed by atoms with Crippen LogP contribution in [0, 0.1) is 5.82 Å². The lowest BCUT2D eigenvalue weighted by Gasteiger charge is -2.26. The zero-order chi connectivity index (χ0) is 15.6. The maximum absolute atomic E-state index is 13.7. The van der Waals surface area contributed by atoms with Gasteiger partial charge in [0, 0.05) is 12.6 Å². The SMILES string of the molecule is CC(c1ccccc1O)N(C)C(=O)c1c(O)cccc1F. The Bertz CT molecular complexity index is 652. The zero-order valence-corrected chi connectivity index (χ0v) is 11.7. The number of phenolic OH excluding ortho intramolecular Hbond substituents is 2. The molecule has 2 rings (SSSR count). The molecule has 1 atom stereocenters. The summed E-state index contributed by atoms with van der Waals surface area (Å²) in [5, 5.41) is 19.5. The summed E-state index contributed by atoms with van der Waals surface area (Å²) in [4.78, 5) is 13.6. The molecule has 0 aliphatic rings. The lowest BCUT2D eigenvalue weighted by molar-refractivity contribution is 0.0733. The van der Waals surface area contributed by atoms with Crippen LogP contribution >= 0.6 is 0 Å². The first-order valence-corrected chi connectivity index (χ1v) is 6.46. The second-order valence-corrected chi connectivity index (χ2v) is 4.78. The van der Waals surface area contributed by atoms with Crippen LogP contribution in [0.2, 0.25) is 0 Å². The molecule has 1 amide bonds. The Hall–Kier alpha value is -2.56. The van der Waals surface area contributed by atoms with Crippen molar-refractivity contribution in [2.75, 3.05) is 7.05 Å². The molecule has 0 aliphatic heterocycles. The highest BCUT2D eigenvalue weighted by atomic mass is 19.1. The Kier molecular flexibility index (Phi) is 4.12. The zero-order valence-electron chi connectivity index (χ0n) is 11.7. The summed E-state index contributed by atoms with van der Waals surface area (Å²) in [7, 11) is 1.49. The normalized spacial score (nSPS) is 12.0. The highest BCUT2D eigenvalue weighted by Gasteiger charge is 2.25. The molecule has 4 nitrogen and oxygen atoms in total. The van der Waals surface area contributed by atoms with Gasteiger partial charge in [-0.1, -0.05) is 24.3 Å². The molecule has 5 heteroatoms. The van der Waals surface area contributed by atoms with Gasteiger partial charge in [0.05, 0.1) is 6.04 Å². The van der Waals surface area contributed by atoms with Gasteiger partial charge in [-0.25, -0.2) is 4.39 Å². The van der Waals surface area contributed by atoms with Crippen LogP contribution in [0.15, 0.2) is 42.5 Å². The number of carbonyl (C=O) groups excluding carboxylic acids is 1. The number of benzene rings is 2. The van der Waals surface area contributed by atoms with Crippen molar-refractivity contribution >= 4 is 5.91 Å². The molecule has 0 aliphatic carbocycles. The highest BCUT2D eigenvalue weighted by Crippen LogP contribution is 2.30. The third-order valence-corrected chi connectivity index (χ3v) is 3.49. The van der Waals surface area contributed by atoms with Gasteiger partial charge >= 0.3 is 0 Å². The van der Waals surface area contributed by atoms with Crippen LogP contribution in [0.25, 0.3) is 0 Å². The molecule has 0 saturated heterocycles. The van der Waals surface area contributed by atoms with Crippen molar-refractivity contribution in [3.05, 3.63) is 59.4 Å². The summed E-state index contributed by atoms with van der Waals surface area (Å²) in [6.07, 6.45) is 0. The number of carbonyl (C=O) groups is 1. The van der Waals surface area contributed by atoms with Gasteiger partial charge in [-0.3, -0.25) is 4.79 Å². The topological polar surface area (TPSA) is 60.8 Å². The van der Waals surface area contributed by atoms with E-state index in [4.69, 9.17) is 0 Å². The number of hydrogen-bond acceptors (Lipinski definition) is 3. The van der Waals surface area contributed by atoms with Crippen LogP contribution in [-0.4, -0.2) is 28.1 Å². The van der Waals surface area contributed by atoms with Gasteiger partial charge in [-0.05, 0) is 25.1 Å². The summed E-state index contributed by atoms with van der Waals surface area (Å²) in [5.41, 5.74) is 0.173. The van der Waals surface area contributed by atoms with E-state index in [0.29, 0.717) is 5.56 Å². The molecule has 2 aromatic carbocycles. The molecule has 1 unspecified atom stereocenters. The molecule has 0 aromatic heterocycles. The molecular formula is C16H16FNO3. The maximum atomic E-state index is 13.7. The first kappa shape index (κ1) is 14.8. The number of phenols is 2. The van der Waals surface area contributed by atoms with Gasteiger partial charge in [0.1, 0.15) is 22.9 Å². The van der Waals surface area contributed by atoms with Crippen LogP contribution in [0.5, 0.6) is 11.5 Å². The predicted molar refractivity (Wildman–Crippen MR) is 76.7 cm³/mol. The summed E-state index contributed by atoms with van der Waals surface area (Å²) < 4.78 is 13.7. The smallest absolute Gasteiger partial charge is 0.260 e. The average molecular weight is 289 g/mol. The van der Waals surface area contributed by atoms with Crippen molar-refractivity contribution in [3.8, 4) is 11.5 Å². The van der Waals surface area contributed by atoms with Crippen molar-refractivity contribution in [2.24, 2.45) is 0 Å². The van der Waals surface area contributed by atoms with Crippen molar-refractivity contribution in [1.82, 2.24) is 4.90 Å². The Balaban J connectivity index is 2.34. The second kappa shape index (κ2) is 5.83. The minimum Gasteiger partial charge on any atom is -0.508 e. The van der Waals surface area contributed by atoms with E-state index >= 15 is 0 Å². The Morgan fingerprint density at radius 1 is 1.10 bits per heavy atom. The largest absolute Gasteiger partial charge is 0.508 e. The molecule has 0 bridgehead atoms. The fourth-order valence-corrected chi connectivity index (χ4v) is 2.13. The third kappa shape index (κ3) is 2.81. The van der Waals surface area contributed by atoms with Gasteiger partial charge in [0.25, 0.3) is 5.91 Å². The molecule has 2 aromatic rings. The Morgan fingerprint density at radius 3 is 2.33 bits per heavy atom. The first-order chi connectivity index (χ1) is 9.93. The van der Waals surface area contributed by atoms with Crippen LogP contribution < -0.4 is 0 Å². The van der Waals surface area contributed by atoms with Gasteiger partial charge in [-0.2, -0.15) is 0 Å². The van der Waals surface area contributed by atoms with Crippen LogP contribution in [-0.2, 0) is 0 Å². The summed E-state index contributed by atoms with van der Waals surface area (Å²) >= 11 is 0. The van der Waals surface area contributed by atoms with Crippen molar-refractivity contribution in [2.45, 2.75) is 13.0 Å². The van der Waals surface area contributed by atoms with E-state index < -0.39 is 23.5 Å². The van der Waals surface area contributed by atoms with Crippen molar-refractivity contribution in [1.29, 1.82) is 0 Å². The van der Waals surface area contributed by atoms with Crippen LogP contribution in [0.4, 0.5) is 4.39 Å². The minimum absolute atomic E-state index is 0.0578. The van der Waals surface area contributed by atoms with E-state index in [1.807, 2.05) is 0 Å². The molecule has 0 saturated carbocycles. The maximum Gasteiger partial charge on any atom is 0.260 e. The second-order valence-electron chi connectivity index (χ2n) is 4.78. The molecule has 110 valence electrons. The number of nitrogens with zero attached hydrogens (tertiary/aromatic N) is 1. The monoisotopic (exact) mass is 289 g/mol. The van der Waals surface area contributed by atoms with E-state index in [0.717, 1.165) is 6.07 Å². The molecular weight excluding hydrogens is 273 g/mol. The summed E-state index contributed by atoms with van der Waals surface area (Å²) in [5.74, 6) is -1.78. The number of para-hydroxylation sites is 1. The van der Waals surface area contributed by atoms with Gasteiger partial charge < -0.3 is 15.1 Å². The molecule has 2 N–H and O–H groups in total. The minimum atomic E-state index is -0.781. The van der Waals surface area contributed by atoms with Crippen molar-refractivity contribution in [3.63, 3.8) is 0 Å². The number of hydrogen-bond donors (Lipinski definition) is 2.